The number of benzene rings is 2. The van der Waals surface area contributed by atoms with Gasteiger partial charge in [-0.2, -0.15) is 0 Å². The first-order chi connectivity index (χ1) is 13.9. The van der Waals surface area contributed by atoms with Gasteiger partial charge >= 0.3 is 5.97 Å². The van der Waals surface area contributed by atoms with Gasteiger partial charge in [0, 0.05) is 18.7 Å². The molecule has 29 heavy (non-hydrogen) atoms. The Morgan fingerprint density at radius 2 is 1.86 bits per heavy atom. The van der Waals surface area contributed by atoms with E-state index >= 15 is 0 Å². The molecule has 0 aliphatic carbocycles. The lowest BCUT2D eigenvalue weighted by molar-refractivity contribution is -0.129. The van der Waals surface area contributed by atoms with Crippen LogP contribution in [0.3, 0.4) is 0 Å². The number of carboxylic acids is 1. The molecule has 1 atom stereocenters. The highest BCUT2D eigenvalue weighted by atomic mass is 32.2. The second kappa shape index (κ2) is 8.87. The average Bonchev–Trinajstić information content (AvgIpc) is 2.70. The summed E-state index contributed by atoms with van der Waals surface area (Å²) in [7, 11) is 0. The largest absolute Gasteiger partial charge is 0.478 e. The number of amidine groups is 1. The van der Waals surface area contributed by atoms with Crippen LogP contribution in [0.2, 0.25) is 0 Å². The molecule has 0 aromatic heterocycles. The standard InChI is InChI=1S/C20H18FN3O4S/c1-2-24-17(25)11-16(29-20(24)23-15-9-5-13(21)6-10-15)18(26)22-14-7-3-12(4-8-14)19(27)28/h3-10,16H,2,11H2,1H3,(H,22,26)(H,27,28). The Hall–Kier alpha value is -3.20. The molecule has 2 aromatic rings. The van der Waals surface area contributed by atoms with E-state index in [9.17, 15) is 18.8 Å². The zero-order chi connectivity index (χ0) is 21.0. The van der Waals surface area contributed by atoms with Gasteiger partial charge in [0.2, 0.25) is 11.8 Å². The summed E-state index contributed by atoms with van der Waals surface area (Å²) >= 11 is 1.16. The van der Waals surface area contributed by atoms with Crippen molar-refractivity contribution >= 4 is 46.1 Å². The summed E-state index contributed by atoms with van der Waals surface area (Å²) in [5, 5.41) is 11.3. The number of nitrogens with one attached hydrogen (secondary N) is 1. The van der Waals surface area contributed by atoms with Gasteiger partial charge in [-0.25, -0.2) is 14.2 Å². The Bertz CT molecular complexity index is 961. The maximum atomic E-state index is 13.1. The number of aliphatic imine (C=N–C) groups is 1. The average molecular weight is 415 g/mol. The van der Waals surface area contributed by atoms with E-state index in [1.54, 1.807) is 0 Å². The Balaban J connectivity index is 1.77. The van der Waals surface area contributed by atoms with Crippen LogP contribution < -0.4 is 5.32 Å². The topological polar surface area (TPSA) is 99.1 Å². The number of aromatic carboxylic acids is 1. The van der Waals surface area contributed by atoms with E-state index < -0.39 is 11.2 Å². The summed E-state index contributed by atoms with van der Waals surface area (Å²) in [5.41, 5.74) is 1.02. The van der Waals surface area contributed by atoms with Gasteiger partial charge < -0.3 is 10.4 Å². The summed E-state index contributed by atoms with van der Waals surface area (Å²) in [6.07, 6.45) is 0.0139. The van der Waals surface area contributed by atoms with Crippen LogP contribution in [0.15, 0.2) is 53.5 Å². The molecule has 2 N–H and O–H groups in total. The normalized spacial score (nSPS) is 18.0. The van der Waals surface area contributed by atoms with E-state index in [-0.39, 0.29) is 29.6 Å². The number of anilines is 1. The molecule has 1 aliphatic heterocycles. The SMILES string of the molecule is CCN1C(=O)CC(C(=O)Nc2ccc(C(=O)O)cc2)SC1=Nc1ccc(F)cc1. The second-order valence-corrected chi connectivity index (χ2v) is 7.36. The van der Waals surface area contributed by atoms with E-state index in [2.05, 4.69) is 10.3 Å². The van der Waals surface area contributed by atoms with Crippen LogP contribution >= 0.6 is 11.8 Å². The molecular formula is C20H18FN3O4S. The molecule has 7 nitrogen and oxygen atoms in total. The number of halogens is 1. The fraction of sp³-hybridized carbons (Fsp3) is 0.200. The Labute approximate surface area is 170 Å². The fourth-order valence-corrected chi connectivity index (χ4v) is 3.86. The predicted molar refractivity (Wildman–Crippen MR) is 109 cm³/mol. The smallest absolute Gasteiger partial charge is 0.335 e. The highest BCUT2D eigenvalue weighted by molar-refractivity contribution is 8.15. The van der Waals surface area contributed by atoms with Gasteiger partial charge in [0.25, 0.3) is 0 Å². The third-order valence-electron chi connectivity index (χ3n) is 4.20. The van der Waals surface area contributed by atoms with Crippen molar-refractivity contribution in [2.75, 3.05) is 11.9 Å². The molecule has 9 heteroatoms. The highest BCUT2D eigenvalue weighted by Gasteiger charge is 2.35. The van der Waals surface area contributed by atoms with Gasteiger partial charge in [-0.1, -0.05) is 11.8 Å². The van der Waals surface area contributed by atoms with Crippen LogP contribution in [0.1, 0.15) is 23.7 Å². The molecule has 0 spiro atoms. The van der Waals surface area contributed by atoms with Crippen molar-refractivity contribution in [3.63, 3.8) is 0 Å². The van der Waals surface area contributed by atoms with Crippen LogP contribution in [0.4, 0.5) is 15.8 Å². The summed E-state index contributed by atoms with van der Waals surface area (Å²) in [5.74, 6) is -2.06. The molecule has 0 saturated carbocycles. The number of rotatable bonds is 5. The Morgan fingerprint density at radius 3 is 2.45 bits per heavy atom. The monoisotopic (exact) mass is 415 g/mol. The summed E-state index contributed by atoms with van der Waals surface area (Å²) in [6.45, 7) is 2.21. The number of carbonyl (C=O) groups is 3. The minimum absolute atomic E-state index is 0.0139. The molecule has 2 amide bonds. The Morgan fingerprint density at radius 1 is 1.21 bits per heavy atom. The predicted octanol–water partition coefficient (Wildman–Crippen LogP) is 3.50. The molecule has 3 rings (SSSR count). The van der Waals surface area contributed by atoms with Crippen molar-refractivity contribution < 1.29 is 23.9 Å². The van der Waals surface area contributed by atoms with E-state index in [1.165, 1.54) is 53.4 Å². The lowest BCUT2D eigenvalue weighted by Crippen LogP contribution is -2.45. The first-order valence-electron chi connectivity index (χ1n) is 8.83. The summed E-state index contributed by atoms with van der Waals surface area (Å²) < 4.78 is 13.1. The maximum absolute atomic E-state index is 13.1. The fourth-order valence-electron chi connectivity index (χ4n) is 2.70. The van der Waals surface area contributed by atoms with Gasteiger partial charge in [0.05, 0.1) is 11.3 Å². The van der Waals surface area contributed by atoms with E-state index in [0.717, 1.165) is 11.8 Å². The van der Waals surface area contributed by atoms with Crippen molar-refractivity contribution in [2.45, 2.75) is 18.6 Å². The van der Waals surface area contributed by atoms with Crippen LogP contribution in [0.5, 0.6) is 0 Å². The number of amides is 2. The molecule has 2 aromatic carbocycles. The summed E-state index contributed by atoms with van der Waals surface area (Å²) in [6, 6.07) is 11.3. The van der Waals surface area contributed by atoms with Crippen molar-refractivity contribution in [1.29, 1.82) is 0 Å². The van der Waals surface area contributed by atoms with Crippen molar-refractivity contribution in [2.24, 2.45) is 4.99 Å². The van der Waals surface area contributed by atoms with Crippen LogP contribution in [-0.2, 0) is 9.59 Å². The first-order valence-corrected chi connectivity index (χ1v) is 9.71. The van der Waals surface area contributed by atoms with Gasteiger partial charge in [0.15, 0.2) is 5.17 Å². The van der Waals surface area contributed by atoms with E-state index in [4.69, 9.17) is 5.11 Å². The Kier molecular flexibility index (Phi) is 6.28. The molecule has 1 saturated heterocycles. The quantitative estimate of drug-likeness (QED) is 0.779. The minimum Gasteiger partial charge on any atom is -0.478 e. The molecule has 1 unspecified atom stereocenters. The number of carbonyl (C=O) groups excluding carboxylic acids is 2. The van der Waals surface area contributed by atoms with E-state index in [0.29, 0.717) is 23.1 Å². The van der Waals surface area contributed by atoms with Crippen LogP contribution in [0, 0.1) is 5.82 Å². The zero-order valence-electron chi connectivity index (χ0n) is 15.5. The number of hydrogen-bond acceptors (Lipinski definition) is 5. The number of nitrogens with zero attached hydrogens (tertiary/aromatic N) is 2. The number of thioether (sulfide) groups is 1. The number of hydrogen-bond donors (Lipinski definition) is 2. The molecule has 1 heterocycles. The minimum atomic E-state index is -1.06. The summed E-state index contributed by atoms with van der Waals surface area (Å²) in [4.78, 5) is 41.9. The highest BCUT2D eigenvalue weighted by Crippen LogP contribution is 2.29. The molecule has 1 fully saturated rings. The molecule has 0 radical (unpaired) electrons. The van der Waals surface area contributed by atoms with Gasteiger partial charge in [-0.15, -0.1) is 0 Å². The lowest BCUT2D eigenvalue weighted by Gasteiger charge is -2.30. The third-order valence-corrected chi connectivity index (χ3v) is 5.39. The van der Waals surface area contributed by atoms with Crippen molar-refractivity contribution in [1.82, 2.24) is 4.90 Å². The molecule has 150 valence electrons. The van der Waals surface area contributed by atoms with Crippen LogP contribution in [-0.4, -0.2) is 44.8 Å². The van der Waals surface area contributed by atoms with Gasteiger partial charge in [-0.05, 0) is 55.5 Å². The third kappa shape index (κ3) is 5.00. The zero-order valence-corrected chi connectivity index (χ0v) is 16.3. The van der Waals surface area contributed by atoms with Crippen molar-refractivity contribution in [3.8, 4) is 0 Å². The lowest BCUT2D eigenvalue weighted by atomic mass is 10.2. The van der Waals surface area contributed by atoms with Crippen LogP contribution in [0.25, 0.3) is 0 Å². The molecule has 1 aliphatic rings. The second-order valence-electron chi connectivity index (χ2n) is 6.19. The van der Waals surface area contributed by atoms with Crippen molar-refractivity contribution in [3.05, 3.63) is 59.9 Å². The molecule has 0 bridgehead atoms. The van der Waals surface area contributed by atoms with Gasteiger partial charge in [0.1, 0.15) is 11.1 Å². The van der Waals surface area contributed by atoms with Gasteiger partial charge in [-0.3, -0.25) is 14.5 Å². The first kappa shape index (κ1) is 20.5. The molecular weight excluding hydrogens is 397 g/mol. The maximum Gasteiger partial charge on any atom is 0.335 e. The van der Waals surface area contributed by atoms with E-state index in [1.807, 2.05) is 6.92 Å². The number of carboxylic acid groups (broad SMARTS) is 1.